The van der Waals surface area contributed by atoms with Crippen LogP contribution in [0.1, 0.15) is 0 Å². The van der Waals surface area contributed by atoms with E-state index in [1.54, 1.807) is 31.4 Å². The van der Waals surface area contributed by atoms with Gasteiger partial charge in [0.05, 0.1) is 0 Å². The van der Waals surface area contributed by atoms with Crippen molar-refractivity contribution in [1.29, 1.82) is 0 Å². The van der Waals surface area contributed by atoms with Crippen LogP contribution in [0.3, 0.4) is 0 Å². The molecule has 0 saturated heterocycles. The monoisotopic (exact) mass is 285 g/mol. The standard InChI is InChI=1S/C12H10F3N3S/c1-16-10-6-7-17-11(18-10)8-2-4-9(5-3-8)19-12(13,14)15/h2-7H,1H3,(H,16,17,18). The lowest BCUT2D eigenvalue weighted by molar-refractivity contribution is -0.0328. The molecule has 1 N–H and O–H groups in total. The van der Waals surface area contributed by atoms with Gasteiger partial charge < -0.3 is 5.32 Å². The van der Waals surface area contributed by atoms with Crippen molar-refractivity contribution in [2.45, 2.75) is 10.4 Å². The van der Waals surface area contributed by atoms with E-state index >= 15 is 0 Å². The van der Waals surface area contributed by atoms with Crippen molar-refractivity contribution in [3.8, 4) is 11.4 Å². The van der Waals surface area contributed by atoms with Gasteiger partial charge in [0.1, 0.15) is 5.82 Å². The summed E-state index contributed by atoms with van der Waals surface area (Å²) < 4.78 is 36.6. The van der Waals surface area contributed by atoms with Crippen LogP contribution in [0.25, 0.3) is 11.4 Å². The fourth-order valence-electron chi connectivity index (χ4n) is 1.44. The first-order valence-electron chi connectivity index (χ1n) is 5.35. The summed E-state index contributed by atoms with van der Waals surface area (Å²) in [6.07, 6.45) is 1.59. The van der Waals surface area contributed by atoms with Crippen molar-refractivity contribution in [2.75, 3.05) is 12.4 Å². The lowest BCUT2D eigenvalue weighted by Crippen LogP contribution is -1.99. The number of hydrogen-bond acceptors (Lipinski definition) is 4. The molecule has 0 bridgehead atoms. The Morgan fingerprint density at radius 3 is 2.37 bits per heavy atom. The molecule has 0 unspecified atom stereocenters. The van der Waals surface area contributed by atoms with Gasteiger partial charge in [-0.15, -0.1) is 0 Å². The summed E-state index contributed by atoms with van der Waals surface area (Å²) in [6, 6.07) is 7.66. The molecule has 1 aromatic heterocycles. The van der Waals surface area contributed by atoms with Crippen molar-refractivity contribution in [1.82, 2.24) is 9.97 Å². The van der Waals surface area contributed by atoms with Gasteiger partial charge in [0.15, 0.2) is 5.82 Å². The Kier molecular flexibility index (Phi) is 3.94. The van der Waals surface area contributed by atoms with Gasteiger partial charge in [-0.1, -0.05) is 12.1 Å². The number of alkyl halides is 3. The van der Waals surface area contributed by atoms with Gasteiger partial charge in [-0.25, -0.2) is 9.97 Å². The Bertz CT molecular complexity index is 555. The third-order valence-corrected chi connectivity index (χ3v) is 3.00. The predicted octanol–water partition coefficient (Wildman–Crippen LogP) is 3.80. The van der Waals surface area contributed by atoms with E-state index in [4.69, 9.17) is 0 Å². The summed E-state index contributed by atoms with van der Waals surface area (Å²) in [6.45, 7) is 0. The smallest absolute Gasteiger partial charge is 0.373 e. The molecule has 1 aromatic carbocycles. The molecule has 0 saturated carbocycles. The quantitative estimate of drug-likeness (QED) is 0.870. The molecular formula is C12H10F3N3S. The zero-order valence-electron chi connectivity index (χ0n) is 9.90. The first-order valence-corrected chi connectivity index (χ1v) is 6.16. The number of hydrogen-bond donors (Lipinski definition) is 1. The van der Waals surface area contributed by atoms with Gasteiger partial charge >= 0.3 is 5.51 Å². The molecule has 0 radical (unpaired) electrons. The van der Waals surface area contributed by atoms with Crippen molar-refractivity contribution >= 4 is 17.6 Å². The second-order valence-electron chi connectivity index (χ2n) is 3.59. The van der Waals surface area contributed by atoms with E-state index in [0.717, 1.165) is 0 Å². The topological polar surface area (TPSA) is 37.8 Å². The number of nitrogens with one attached hydrogen (secondary N) is 1. The molecule has 0 aliphatic heterocycles. The normalized spacial score (nSPS) is 11.4. The van der Waals surface area contributed by atoms with Crippen molar-refractivity contribution < 1.29 is 13.2 Å². The van der Waals surface area contributed by atoms with E-state index in [0.29, 0.717) is 17.2 Å². The molecule has 2 aromatic rings. The molecule has 3 nitrogen and oxygen atoms in total. The number of anilines is 1. The van der Waals surface area contributed by atoms with Gasteiger partial charge in [-0.3, -0.25) is 0 Å². The number of benzene rings is 1. The van der Waals surface area contributed by atoms with Crippen LogP contribution in [-0.2, 0) is 0 Å². The fourth-order valence-corrected chi connectivity index (χ4v) is 1.98. The third kappa shape index (κ3) is 3.85. The van der Waals surface area contributed by atoms with Crippen LogP contribution in [0, 0.1) is 0 Å². The van der Waals surface area contributed by atoms with Gasteiger partial charge in [-0.2, -0.15) is 13.2 Å². The second-order valence-corrected chi connectivity index (χ2v) is 4.73. The summed E-state index contributed by atoms with van der Waals surface area (Å²) in [7, 11) is 1.73. The molecule has 100 valence electrons. The van der Waals surface area contributed by atoms with E-state index in [1.165, 1.54) is 12.1 Å². The van der Waals surface area contributed by atoms with Gasteiger partial charge in [0, 0.05) is 23.7 Å². The molecule has 0 fully saturated rings. The van der Waals surface area contributed by atoms with Gasteiger partial charge in [-0.05, 0) is 30.0 Å². The molecular weight excluding hydrogens is 275 g/mol. The molecule has 0 atom stereocenters. The van der Waals surface area contributed by atoms with Gasteiger partial charge in [0.25, 0.3) is 0 Å². The highest BCUT2D eigenvalue weighted by Gasteiger charge is 2.29. The second kappa shape index (κ2) is 5.48. The molecule has 0 spiro atoms. The van der Waals surface area contributed by atoms with Crippen molar-refractivity contribution in [2.24, 2.45) is 0 Å². The summed E-state index contributed by atoms with van der Waals surface area (Å²) in [5.74, 6) is 1.12. The van der Waals surface area contributed by atoms with E-state index in [1.807, 2.05) is 0 Å². The summed E-state index contributed by atoms with van der Waals surface area (Å²) in [5.41, 5.74) is -3.60. The SMILES string of the molecule is CNc1ccnc(-c2ccc(SC(F)(F)F)cc2)n1. The maximum Gasteiger partial charge on any atom is 0.446 e. The summed E-state index contributed by atoms with van der Waals surface area (Å²) in [5, 5.41) is 2.88. The number of aromatic nitrogens is 2. The van der Waals surface area contributed by atoms with Crippen molar-refractivity contribution in [3.05, 3.63) is 36.5 Å². The molecule has 0 amide bonds. The Morgan fingerprint density at radius 1 is 1.11 bits per heavy atom. The number of halogens is 3. The first-order chi connectivity index (χ1) is 8.98. The van der Waals surface area contributed by atoms with E-state index < -0.39 is 5.51 Å². The van der Waals surface area contributed by atoms with Crippen molar-refractivity contribution in [3.63, 3.8) is 0 Å². The number of nitrogens with zero attached hydrogens (tertiary/aromatic N) is 2. The lowest BCUT2D eigenvalue weighted by atomic mass is 10.2. The maximum absolute atomic E-state index is 12.2. The fraction of sp³-hybridized carbons (Fsp3) is 0.167. The minimum absolute atomic E-state index is 0.140. The Labute approximate surface area is 112 Å². The Morgan fingerprint density at radius 2 is 1.79 bits per heavy atom. The van der Waals surface area contributed by atoms with Crippen LogP contribution in [0.15, 0.2) is 41.4 Å². The van der Waals surface area contributed by atoms with Crippen LogP contribution < -0.4 is 5.32 Å². The average molecular weight is 285 g/mol. The van der Waals surface area contributed by atoms with E-state index in [9.17, 15) is 13.2 Å². The predicted molar refractivity (Wildman–Crippen MR) is 68.9 cm³/mol. The summed E-state index contributed by atoms with van der Waals surface area (Å²) in [4.78, 5) is 8.44. The van der Waals surface area contributed by atoms with Gasteiger partial charge in [0.2, 0.25) is 0 Å². The highest BCUT2D eigenvalue weighted by atomic mass is 32.2. The van der Waals surface area contributed by atoms with Crippen LogP contribution in [0.5, 0.6) is 0 Å². The molecule has 7 heteroatoms. The third-order valence-electron chi connectivity index (χ3n) is 2.26. The molecule has 0 aliphatic carbocycles. The number of thioether (sulfide) groups is 1. The van der Waals surface area contributed by atoms with E-state index in [-0.39, 0.29) is 16.7 Å². The molecule has 0 aliphatic rings. The van der Waals surface area contributed by atoms with Crippen LogP contribution in [0.2, 0.25) is 0 Å². The summed E-state index contributed by atoms with van der Waals surface area (Å²) >= 11 is -0.141. The Balaban J connectivity index is 2.22. The largest absolute Gasteiger partial charge is 0.446 e. The van der Waals surface area contributed by atoms with Crippen LogP contribution >= 0.6 is 11.8 Å². The zero-order chi connectivity index (χ0) is 13.9. The lowest BCUT2D eigenvalue weighted by Gasteiger charge is -2.06. The van der Waals surface area contributed by atoms with E-state index in [2.05, 4.69) is 15.3 Å². The average Bonchev–Trinajstić information content (AvgIpc) is 2.38. The highest BCUT2D eigenvalue weighted by molar-refractivity contribution is 8.00. The minimum Gasteiger partial charge on any atom is -0.373 e. The number of rotatable bonds is 3. The highest BCUT2D eigenvalue weighted by Crippen LogP contribution is 2.37. The molecule has 1 heterocycles. The molecule has 19 heavy (non-hydrogen) atoms. The maximum atomic E-state index is 12.2. The Hall–Kier alpha value is -1.76. The minimum atomic E-state index is -4.27. The van der Waals surface area contributed by atoms with Crippen LogP contribution in [-0.4, -0.2) is 22.5 Å². The van der Waals surface area contributed by atoms with Crippen LogP contribution in [0.4, 0.5) is 19.0 Å². The molecule has 2 rings (SSSR count). The zero-order valence-corrected chi connectivity index (χ0v) is 10.7. The first kappa shape index (κ1) is 13.7.